The van der Waals surface area contributed by atoms with Gasteiger partial charge in [-0.25, -0.2) is 0 Å². The van der Waals surface area contributed by atoms with Crippen molar-refractivity contribution in [2.75, 3.05) is 5.73 Å². The van der Waals surface area contributed by atoms with Crippen molar-refractivity contribution in [3.05, 3.63) is 90.0 Å². The first-order valence-corrected chi connectivity index (χ1v) is 7.78. The molecule has 3 aromatic rings. The minimum atomic E-state index is 0.0409. The van der Waals surface area contributed by atoms with Crippen LogP contribution in [-0.2, 0) is 0 Å². The number of ketones is 1. The van der Waals surface area contributed by atoms with E-state index in [2.05, 4.69) is 0 Å². The van der Waals surface area contributed by atoms with Gasteiger partial charge in [0.15, 0.2) is 5.78 Å². The summed E-state index contributed by atoms with van der Waals surface area (Å²) in [5.41, 5.74) is 7.86. The highest BCUT2D eigenvalue weighted by Gasteiger charge is 2.13. The molecule has 0 radical (unpaired) electrons. The number of nitrogens with two attached hydrogens (primary N) is 1. The molecule has 0 fully saturated rings. The van der Waals surface area contributed by atoms with E-state index in [1.807, 2.05) is 78.9 Å². The summed E-state index contributed by atoms with van der Waals surface area (Å²) in [7, 11) is 0. The van der Waals surface area contributed by atoms with Crippen molar-refractivity contribution in [2.24, 2.45) is 0 Å². The zero-order valence-corrected chi connectivity index (χ0v) is 12.7. The smallest absolute Gasteiger partial charge is 0.194 e. The third-order valence-electron chi connectivity index (χ3n) is 3.28. The number of hydrogen-bond donors (Lipinski definition) is 1. The van der Waals surface area contributed by atoms with Crippen LogP contribution in [-0.4, -0.2) is 5.78 Å². The van der Waals surface area contributed by atoms with Gasteiger partial charge in [-0.15, -0.1) is 0 Å². The maximum absolute atomic E-state index is 12.7. The summed E-state index contributed by atoms with van der Waals surface area (Å²) in [5.74, 6) is 0.0409. The number of anilines is 1. The molecule has 0 amide bonds. The lowest BCUT2D eigenvalue weighted by molar-refractivity contribution is 0.103. The van der Waals surface area contributed by atoms with E-state index >= 15 is 0 Å². The Morgan fingerprint density at radius 2 is 1.41 bits per heavy atom. The summed E-state index contributed by atoms with van der Waals surface area (Å²) in [5, 5.41) is 0. The first kappa shape index (κ1) is 14.4. The molecular formula is C19H15NOS. The van der Waals surface area contributed by atoms with Gasteiger partial charge in [-0.2, -0.15) is 0 Å². The monoisotopic (exact) mass is 305 g/mol. The van der Waals surface area contributed by atoms with E-state index < -0.39 is 0 Å². The lowest BCUT2D eigenvalue weighted by Crippen LogP contribution is -2.02. The molecule has 3 rings (SSSR count). The van der Waals surface area contributed by atoms with E-state index in [9.17, 15) is 4.79 Å². The van der Waals surface area contributed by atoms with Crippen LogP contribution in [0.4, 0.5) is 5.69 Å². The Morgan fingerprint density at radius 1 is 0.773 bits per heavy atom. The Hall–Kier alpha value is -2.52. The van der Waals surface area contributed by atoms with Gasteiger partial charge in [0.2, 0.25) is 0 Å². The van der Waals surface area contributed by atoms with Crippen LogP contribution in [0.2, 0.25) is 0 Å². The van der Waals surface area contributed by atoms with Crippen LogP contribution in [0.1, 0.15) is 15.9 Å². The first-order valence-electron chi connectivity index (χ1n) is 6.96. The molecular weight excluding hydrogens is 290 g/mol. The summed E-state index contributed by atoms with van der Waals surface area (Å²) >= 11 is 1.57. The highest BCUT2D eigenvalue weighted by atomic mass is 32.2. The molecule has 0 saturated carbocycles. The molecule has 0 bridgehead atoms. The normalized spacial score (nSPS) is 10.4. The van der Waals surface area contributed by atoms with Crippen molar-refractivity contribution in [3.63, 3.8) is 0 Å². The maximum Gasteiger partial charge on any atom is 0.194 e. The van der Waals surface area contributed by atoms with Crippen LogP contribution in [0.3, 0.4) is 0 Å². The van der Waals surface area contributed by atoms with Gasteiger partial charge in [-0.3, -0.25) is 4.79 Å². The minimum Gasteiger partial charge on any atom is -0.399 e. The molecule has 0 aliphatic heterocycles. The summed E-state index contributed by atoms with van der Waals surface area (Å²) in [6, 6.07) is 24.7. The van der Waals surface area contributed by atoms with E-state index in [4.69, 9.17) is 5.73 Å². The molecule has 108 valence electrons. The molecule has 0 aliphatic rings. The Kier molecular flexibility index (Phi) is 4.26. The van der Waals surface area contributed by atoms with Gasteiger partial charge in [-0.05, 0) is 36.4 Å². The van der Waals surface area contributed by atoms with Crippen LogP contribution in [0, 0.1) is 0 Å². The number of hydrogen-bond acceptors (Lipinski definition) is 3. The largest absolute Gasteiger partial charge is 0.399 e. The fourth-order valence-corrected chi connectivity index (χ4v) is 3.09. The van der Waals surface area contributed by atoms with E-state index in [0.717, 1.165) is 21.0 Å². The number of benzene rings is 3. The molecule has 0 atom stereocenters. The topological polar surface area (TPSA) is 43.1 Å². The molecule has 0 unspecified atom stereocenters. The Labute approximate surface area is 134 Å². The van der Waals surface area contributed by atoms with Crippen LogP contribution in [0.25, 0.3) is 0 Å². The van der Waals surface area contributed by atoms with Crippen molar-refractivity contribution < 1.29 is 4.79 Å². The Morgan fingerprint density at radius 3 is 2.14 bits per heavy atom. The summed E-state index contributed by atoms with van der Waals surface area (Å²) in [6.45, 7) is 0. The van der Waals surface area contributed by atoms with Crippen molar-refractivity contribution in [2.45, 2.75) is 9.79 Å². The van der Waals surface area contributed by atoms with Crippen molar-refractivity contribution in [1.82, 2.24) is 0 Å². The fraction of sp³-hybridized carbons (Fsp3) is 0. The van der Waals surface area contributed by atoms with Gasteiger partial charge in [-0.1, -0.05) is 54.2 Å². The second kappa shape index (κ2) is 6.50. The average molecular weight is 305 g/mol. The second-order valence-electron chi connectivity index (χ2n) is 4.86. The summed E-state index contributed by atoms with van der Waals surface area (Å²) in [6.07, 6.45) is 0. The predicted molar refractivity (Wildman–Crippen MR) is 91.3 cm³/mol. The molecule has 0 saturated heterocycles. The van der Waals surface area contributed by atoms with Gasteiger partial charge in [0.25, 0.3) is 0 Å². The van der Waals surface area contributed by atoms with E-state index in [1.165, 1.54) is 0 Å². The van der Waals surface area contributed by atoms with E-state index in [1.54, 1.807) is 11.8 Å². The molecule has 2 N–H and O–H groups in total. The third-order valence-corrected chi connectivity index (χ3v) is 4.36. The van der Waals surface area contributed by atoms with Gasteiger partial charge >= 0.3 is 0 Å². The Bertz CT molecular complexity index is 782. The second-order valence-corrected chi connectivity index (χ2v) is 5.98. The van der Waals surface area contributed by atoms with Crippen molar-refractivity contribution in [1.29, 1.82) is 0 Å². The first-order chi connectivity index (χ1) is 10.7. The quantitative estimate of drug-likeness (QED) is 0.563. The van der Waals surface area contributed by atoms with Crippen molar-refractivity contribution >= 4 is 23.2 Å². The number of carbonyl (C=O) groups excluding carboxylic acids is 1. The molecule has 0 aromatic heterocycles. The van der Waals surface area contributed by atoms with Crippen molar-refractivity contribution in [3.8, 4) is 0 Å². The number of rotatable bonds is 4. The SMILES string of the molecule is Nc1ccc(Sc2ccccc2C(=O)c2ccccc2)cc1. The minimum absolute atomic E-state index is 0.0409. The van der Waals surface area contributed by atoms with Crippen LogP contribution >= 0.6 is 11.8 Å². The molecule has 0 spiro atoms. The highest BCUT2D eigenvalue weighted by Crippen LogP contribution is 2.31. The van der Waals surface area contributed by atoms with Gasteiger partial charge in [0.05, 0.1) is 0 Å². The number of carbonyl (C=O) groups is 1. The molecule has 3 heteroatoms. The van der Waals surface area contributed by atoms with E-state index in [-0.39, 0.29) is 5.78 Å². The van der Waals surface area contributed by atoms with Gasteiger partial charge < -0.3 is 5.73 Å². The Balaban J connectivity index is 1.93. The van der Waals surface area contributed by atoms with Crippen LogP contribution in [0.15, 0.2) is 88.7 Å². The zero-order chi connectivity index (χ0) is 15.4. The standard InChI is InChI=1S/C19H15NOS/c20-15-10-12-16(13-11-15)22-18-9-5-4-8-17(18)19(21)14-6-2-1-3-7-14/h1-13H,20H2. The average Bonchev–Trinajstić information content (AvgIpc) is 2.58. The van der Waals surface area contributed by atoms with Gasteiger partial charge in [0, 0.05) is 26.6 Å². The third kappa shape index (κ3) is 3.21. The summed E-state index contributed by atoms with van der Waals surface area (Å²) in [4.78, 5) is 14.7. The van der Waals surface area contributed by atoms with Crippen LogP contribution in [0.5, 0.6) is 0 Å². The van der Waals surface area contributed by atoms with Crippen LogP contribution < -0.4 is 5.73 Å². The van der Waals surface area contributed by atoms with E-state index in [0.29, 0.717) is 5.56 Å². The fourth-order valence-electron chi connectivity index (χ4n) is 2.15. The lowest BCUT2D eigenvalue weighted by Gasteiger charge is -2.08. The maximum atomic E-state index is 12.7. The zero-order valence-electron chi connectivity index (χ0n) is 11.9. The van der Waals surface area contributed by atoms with Gasteiger partial charge in [0.1, 0.15) is 0 Å². The molecule has 2 nitrogen and oxygen atoms in total. The summed E-state index contributed by atoms with van der Waals surface area (Å²) < 4.78 is 0. The molecule has 3 aromatic carbocycles. The molecule has 0 heterocycles. The number of nitrogen functional groups attached to an aromatic ring is 1. The molecule has 0 aliphatic carbocycles. The lowest BCUT2D eigenvalue weighted by atomic mass is 10.0. The highest BCUT2D eigenvalue weighted by molar-refractivity contribution is 7.99. The predicted octanol–water partition coefficient (Wildman–Crippen LogP) is 4.65. The molecule has 22 heavy (non-hydrogen) atoms.